The zero-order chi connectivity index (χ0) is 14.3. The molecule has 7 heteroatoms. The van der Waals surface area contributed by atoms with Gasteiger partial charge in [0.1, 0.15) is 18.8 Å². The number of hydrogen-bond donors (Lipinski definition) is 2. The number of hydrogen-bond acceptors (Lipinski definition) is 4. The molecular weight excluding hydrogens is 254 g/mol. The van der Waals surface area contributed by atoms with Crippen molar-refractivity contribution in [1.29, 1.82) is 0 Å². The molecule has 1 rings (SSSR count). The molecule has 0 aliphatic rings. The molecule has 0 aromatic heterocycles. The first-order valence-corrected chi connectivity index (χ1v) is 5.38. The van der Waals surface area contributed by atoms with Gasteiger partial charge in [-0.2, -0.15) is 0 Å². The minimum absolute atomic E-state index is 0.412. The van der Waals surface area contributed by atoms with Crippen LogP contribution in [0.1, 0.15) is 0 Å². The fourth-order valence-corrected chi connectivity index (χ4v) is 1.31. The first kappa shape index (κ1) is 14.5. The van der Waals surface area contributed by atoms with Crippen molar-refractivity contribution in [3.05, 3.63) is 30.3 Å². The Morgan fingerprint density at radius 1 is 1.00 bits per heavy atom. The third-order valence-electron chi connectivity index (χ3n) is 2.11. The van der Waals surface area contributed by atoms with E-state index in [9.17, 15) is 14.4 Å². The fraction of sp³-hybridized carbons (Fsp3) is 0.250. The highest BCUT2D eigenvalue weighted by molar-refractivity contribution is 5.85. The van der Waals surface area contributed by atoms with Gasteiger partial charge >= 0.3 is 11.9 Å². The molecule has 0 atom stereocenters. The van der Waals surface area contributed by atoms with E-state index in [1.807, 2.05) is 0 Å². The van der Waals surface area contributed by atoms with Gasteiger partial charge in [0, 0.05) is 0 Å². The van der Waals surface area contributed by atoms with Gasteiger partial charge in [-0.15, -0.1) is 0 Å². The number of amides is 1. The second-order valence-corrected chi connectivity index (χ2v) is 3.64. The van der Waals surface area contributed by atoms with E-state index < -0.39 is 37.5 Å². The minimum atomic E-state index is -1.28. The maximum Gasteiger partial charge on any atom is 0.323 e. The summed E-state index contributed by atoms with van der Waals surface area (Å²) in [6.45, 7) is -1.77. The van der Waals surface area contributed by atoms with Crippen LogP contribution in [-0.2, 0) is 14.4 Å². The highest BCUT2D eigenvalue weighted by Crippen LogP contribution is 2.08. The topological polar surface area (TPSA) is 104 Å². The van der Waals surface area contributed by atoms with Crippen molar-refractivity contribution in [1.82, 2.24) is 4.90 Å². The normalized spacial score (nSPS) is 9.68. The van der Waals surface area contributed by atoms with Gasteiger partial charge in [0.05, 0.1) is 0 Å². The first-order valence-electron chi connectivity index (χ1n) is 5.38. The molecule has 0 heterocycles. The van der Waals surface area contributed by atoms with Crippen LogP contribution in [0.25, 0.3) is 0 Å². The van der Waals surface area contributed by atoms with Gasteiger partial charge in [0.2, 0.25) is 0 Å². The molecule has 1 amide bonds. The summed E-state index contributed by atoms with van der Waals surface area (Å²) < 4.78 is 5.13. The number of para-hydroxylation sites is 1. The van der Waals surface area contributed by atoms with Gasteiger partial charge in [-0.3, -0.25) is 14.4 Å². The lowest BCUT2D eigenvalue weighted by Gasteiger charge is -2.18. The van der Waals surface area contributed by atoms with Crippen LogP contribution in [0.2, 0.25) is 0 Å². The van der Waals surface area contributed by atoms with Crippen LogP contribution in [0.4, 0.5) is 0 Å². The maximum absolute atomic E-state index is 11.7. The fourth-order valence-electron chi connectivity index (χ4n) is 1.31. The number of rotatable bonds is 7. The summed E-state index contributed by atoms with van der Waals surface area (Å²) >= 11 is 0. The predicted octanol–water partition coefficient (Wildman–Crippen LogP) is 0.0632. The molecule has 0 aliphatic heterocycles. The van der Waals surface area contributed by atoms with Crippen LogP contribution in [0.15, 0.2) is 30.3 Å². The van der Waals surface area contributed by atoms with E-state index in [0.717, 1.165) is 0 Å². The van der Waals surface area contributed by atoms with Gasteiger partial charge in [-0.25, -0.2) is 0 Å². The monoisotopic (exact) mass is 267 g/mol. The second-order valence-electron chi connectivity index (χ2n) is 3.64. The molecule has 102 valence electrons. The molecule has 2 N–H and O–H groups in total. The van der Waals surface area contributed by atoms with E-state index in [4.69, 9.17) is 14.9 Å². The zero-order valence-electron chi connectivity index (χ0n) is 9.98. The lowest BCUT2D eigenvalue weighted by atomic mass is 10.3. The molecule has 0 saturated heterocycles. The molecule has 0 spiro atoms. The number of carbonyl (C=O) groups excluding carboxylic acids is 1. The molecule has 1 aromatic rings. The van der Waals surface area contributed by atoms with E-state index in [-0.39, 0.29) is 0 Å². The maximum atomic E-state index is 11.7. The number of nitrogens with zero attached hydrogens (tertiary/aromatic N) is 1. The standard InChI is InChI=1S/C12H13NO6/c14-10(8-19-9-4-2-1-3-5-9)13(6-11(15)16)7-12(17)18/h1-5H,6-8H2,(H,15,16)(H,17,18). The molecule has 0 aliphatic carbocycles. The average molecular weight is 267 g/mol. The molecular formula is C12H13NO6. The summed E-state index contributed by atoms with van der Waals surface area (Å²) in [5.74, 6) is -2.82. The van der Waals surface area contributed by atoms with Crippen molar-refractivity contribution in [3.63, 3.8) is 0 Å². The van der Waals surface area contributed by atoms with Crippen molar-refractivity contribution in [2.24, 2.45) is 0 Å². The summed E-state index contributed by atoms with van der Waals surface area (Å²) in [4.78, 5) is 33.4. The Bertz CT molecular complexity index is 443. The second kappa shape index (κ2) is 7.00. The Morgan fingerprint density at radius 3 is 2.00 bits per heavy atom. The third-order valence-corrected chi connectivity index (χ3v) is 2.11. The van der Waals surface area contributed by atoms with E-state index in [1.165, 1.54) is 0 Å². The largest absolute Gasteiger partial charge is 0.484 e. The van der Waals surface area contributed by atoms with Crippen LogP contribution in [0, 0.1) is 0 Å². The number of benzene rings is 1. The summed E-state index contributed by atoms with van der Waals surface area (Å²) in [6, 6.07) is 8.46. The highest BCUT2D eigenvalue weighted by atomic mass is 16.5. The van der Waals surface area contributed by atoms with Crippen molar-refractivity contribution >= 4 is 17.8 Å². The summed E-state index contributed by atoms with van der Waals surface area (Å²) in [7, 11) is 0. The van der Waals surface area contributed by atoms with E-state index in [0.29, 0.717) is 10.6 Å². The number of carboxylic acid groups (broad SMARTS) is 2. The molecule has 0 bridgehead atoms. The SMILES string of the molecule is O=C(O)CN(CC(=O)O)C(=O)COc1ccccc1. The van der Waals surface area contributed by atoms with Crippen LogP contribution >= 0.6 is 0 Å². The predicted molar refractivity (Wildman–Crippen MR) is 63.8 cm³/mol. The van der Waals surface area contributed by atoms with Crippen LogP contribution in [0.5, 0.6) is 5.75 Å². The number of ether oxygens (including phenoxy) is 1. The number of aliphatic carboxylic acids is 2. The Hall–Kier alpha value is -2.57. The number of carbonyl (C=O) groups is 3. The van der Waals surface area contributed by atoms with Crippen LogP contribution < -0.4 is 4.74 Å². The smallest absolute Gasteiger partial charge is 0.323 e. The van der Waals surface area contributed by atoms with Crippen molar-refractivity contribution in [2.45, 2.75) is 0 Å². The summed E-state index contributed by atoms with van der Waals surface area (Å²) in [6.07, 6.45) is 0. The van der Waals surface area contributed by atoms with Gasteiger partial charge < -0.3 is 19.8 Å². The van der Waals surface area contributed by atoms with E-state index in [1.54, 1.807) is 30.3 Å². The Labute approximate surface area is 109 Å². The Balaban J connectivity index is 2.56. The molecule has 0 radical (unpaired) electrons. The number of carboxylic acids is 2. The van der Waals surface area contributed by atoms with Crippen molar-refractivity contribution in [2.75, 3.05) is 19.7 Å². The van der Waals surface area contributed by atoms with Gasteiger partial charge in [-0.05, 0) is 12.1 Å². The Kier molecular flexibility index (Phi) is 5.34. The van der Waals surface area contributed by atoms with E-state index in [2.05, 4.69) is 0 Å². The molecule has 7 nitrogen and oxygen atoms in total. The highest BCUT2D eigenvalue weighted by Gasteiger charge is 2.19. The molecule has 0 fully saturated rings. The van der Waals surface area contributed by atoms with E-state index >= 15 is 0 Å². The van der Waals surface area contributed by atoms with Crippen molar-refractivity contribution < 1.29 is 29.3 Å². The van der Waals surface area contributed by atoms with Crippen LogP contribution in [-0.4, -0.2) is 52.7 Å². The van der Waals surface area contributed by atoms with Crippen LogP contribution in [0.3, 0.4) is 0 Å². The first-order chi connectivity index (χ1) is 8.99. The zero-order valence-corrected chi connectivity index (χ0v) is 9.98. The molecule has 0 saturated carbocycles. The average Bonchev–Trinajstić information content (AvgIpc) is 2.35. The van der Waals surface area contributed by atoms with Gasteiger partial charge in [0.25, 0.3) is 5.91 Å². The molecule has 1 aromatic carbocycles. The lowest BCUT2D eigenvalue weighted by Crippen LogP contribution is -2.41. The van der Waals surface area contributed by atoms with Gasteiger partial charge in [-0.1, -0.05) is 18.2 Å². The summed E-state index contributed by atoms with van der Waals surface area (Å²) in [5, 5.41) is 17.2. The molecule has 19 heavy (non-hydrogen) atoms. The third kappa shape index (κ3) is 5.53. The van der Waals surface area contributed by atoms with Crippen molar-refractivity contribution in [3.8, 4) is 5.75 Å². The summed E-state index contributed by atoms with van der Waals surface area (Å²) in [5.41, 5.74) is 0. The van der Waals surface area contributed by atoms with Gasteiger partial charge in [0.15, 0.2) is 6.61 Å². The Morgan fingerprint density at radius 2 is 1.53 bits per heavy atom. The lowest BCUT2D eigenvalue weighted by molar-refractivity contribution is -0.150. The molecule has 0 unspecified atom stereocenters. The minimum Gasteiger partial charge on any atom is -0.484 e. The quantitative estimate of drug-likeness (QED) is 0.724.